The van der Waals surface area contributed by atoms with Crippen LogP contribution in [0.5, 0.6) is 0 Å². The zero-order valence-corrected chi connectivity index (χ0v) is 22.1. The Labute approximate surface area is 223 Å². The van der Waals surface area contributed by atoms with Gasteiger partial charge in [-0.05, 0) is 53.4 Å². The quantitative estimate of drug-likeness (QED) is 0.146. The summed E-state index contributed by atoms with van der Waals surface area (Å²) >= 11 is 2.64. The van der Waals surface area contributed by atoms with Gasteiger partial charge in [-0.15, -0.1) is 11.3 Å². The zero-order chi connectivity index (χ0) is 25.8. The van der Waals surface area contributed by atoms with Crippen LogP contribution in [0.2, 0.25) is 0 Å². The summed E-state index contributed by atoms with van der Waals surface area (Å²) < 4.78 is 0. The predicted octanol–water partition coefficient (Wildman–Crippen LogP) is 7.25. The predicted molar refractivity (Wildman–Crippen MR) is 155 cm³/mol. The summed E-state index contributed by atoms with van der Waals surface area (Å²) in [6.07, 6.45) is 0. The van der Waals surface area contributed by atoms with Crippen LogP contribution >= 0.6 is 23.1 Å². The van der Waals surface area contributed by atoms with Gasteiger partial charge in [-0.2, -0.15) is 0 Å². The first-order valence-corrected chi connectivity index (χ1v) is 13.8. The molecule has 0 bridgehead atoms. The first kappa shape index (κ1) is 24.8. The molecular formula is C29H26N4O2S2. The summed E-state index contributed by atoms with van der Waals surface area (Å²) in [6, 6.07) is 25.7. The van der Waals surface area contributed by atoms with Crippen molar-refractivity contribution in [2.75, 3.05) is 16.4 Å². The van der Waals surface area contributed by atoms with Crippen molar-refractivity contribution in [2.24, 2.45) is 0 Å². The Morgan fingerprint density at radius 3 is 2.32 bits per heavy atom. The Kier molecular flexibility index (Phi) is 7.39. The molecule has 0 aliphatic carbocycles. The van der Waals surface area contributed by atoms with Gasteiger partial charge in [-0.3, -0.25) is 9.59 Å². The molecule has 0 fully saturated rings. The molecule has 2 aromatic heterocycles. The Balaban J connectivity index is 1.22. The molecule has 8 heteroatoms. The Morgan fingerprint density at radius 2 is 1.62 bits per heavy atom. The van der Waals surface area contributed by atoms with Crippen molar-refractivity contribution >= 4 is 56.3 Å². The van der Waals surface area contributed by atoms with E-state index in [0.29, 0.717) is 27.0 Å². The number of aromatic amines is 1. The van der Waals surface area contributed by atoms with E-state index in [0.717, 1.165) is 22.5 Å². The van der Waals surface area contributed by atoms with Gasteiger partial charge in [-0.1, -0.05) is 68.1 Å². The third kappa shape index (κ3) is 5.93. The zero-order valence-electron chi connectivity index (χ0n) is 20.4. The van der Waals surface area contributed by atoms with E-state index in [1.165, 1.54) is 28.7 Å². The van der Waals surface area contributed by atoms with Crippen LogP contribution in [-0.4, -0.2) is 21.6 Å². The number of hydrogen-bond donors (Lipinski definition) is 3. The van der Waals surface area contributed by atoms with Gasteiger partial charge < -0.3 is 15.6 Å². The number of nitrogens with zero attached hydrogens (tertiary/aromatic N) is 1. The number of carbonyl (C=O) groups is 1. The second kappa shape index (κ2) is 11.0. The normalized spacial score (nSPS) is 11.1. The molecule has 2 heterocycles. The lowest BCUT2D eigenvalue weighted by molar-refractivity contribution is -0.113. The molecule has 0 saturated heterocycles. The lowest BCUT2D eigenvalue weighted by Gasteiger charge is -2.09. The molecule has 0 unspecified atom stereocenters. The fraction of sp³-hybridized carbons (Fsp3) is 0.138. The highest BCUT2D eigenvalue weighted by molar-refractivity contribution is 7.99. The molecule has 0 aliphatic heterocycles. The molecule has 1 amide bonds. The number of nitrogens with one attached hydrogen (secondary N) is 3. The third-order valence-electron chi connectivity index (χ3n) is 5.88. The minimum atomic E-state index is -0.196. The SMILES string of the molecule is CC(C)c1ccc(-c2csc3nc(SCC(=O)Nc4ccc(Nc5ccccc5)cc4)[nH]c(=O)c23)cc1. The molecule has 0 spiro atoms. The molecular weight excluding hydrogens is 500 g/mol. The monoisotopic (exact) mass is 526 g/mol. The summed E-state index contributed by atoms with van der Waals surface area (Å²) in [5.74, 6) is 0.410. The van der Waals surface area contributed by atoms with Gasteiger partial charge in [0.25, 0.3) is 5.56 Å². The lowest BCUT2D eigenvalue weighted by atomic mass is 9.99. The van der Waals surface area contributed by atoms with Crippen LogP contribution in [-0.2, 0) is 4.79 Å². The van der Waals surface area contributed by atoms with Crippen LogP contribution in [0.25, 0.3) is 21.3 Å². The van der Waals surface area contributed by atoms with Crippen molar-refractivity contribution in [1.29, 1.82) is 0 Å². The lowest BCUT2D eigenvalue weighted by Crippen LogP contribution is -2.15. The van der Waals surface area contributed by atoms with E-state index in [4.69, 9.17) is 0 Å². The molecule has 3 aromatic carbocycles. The Morgan fingerprint density at radius 1 is 0.946 bits per heavy atom. The molecule has 186 valence electrons. The summed E-state index contributed by atoms with van der Waals surface area (Å²) in [6.45, 7) is 4.31. The first-order chi connectivity index (χ1) is 18.0. The van der Waals surface area contributed by atoms with E-state index in [-0.39, 0.29) is 17.2 Å². The third-order valence-corrected chi connectivity index (χ3v) is 7.63. The molecule has 5 rings (SSSR count). The molecule has 0 saturated carbocycles. The molecule has 3 N–H and O–H groups in total. The van der Waals surface area contributed by atoms with Crippen LogP contribution in [0.3, 0.4) is 0 Å². The number of fused-ring (bicyclic) bond motifs is 1. The first-order valence-electron chi connectivity index (χ1n) is 11.9. The largest absolute Gasteiger partial charge is 0.356 e. The van der Waals surface area contributed by atoms with Gasteiger partial charge in [0.1, 0.15) is 4.83 Å². The maximum atomic E-state index is 12.9. The van der Waals surface area contributed by atoms with Crippen molar-refractivity contribution in [3.8, 4) is 11.1 Å². The number of benzene rings is 3. The highest BCUT2D eigenvalue weighted by atomic mass is 32.2. The molecule has 0 aliphatic rings. The number of thiophene rings is 1. The van der Waals surface area contributed by atoms with Crippen molar-refractivity contribution < 1.29 is 4.79 Å². The van der Waals surface area contributed by atoms with Crippen molar-refractivity contribution in [3.63, 3.8) is 0 Å². The van der Waals surface area contributed by atoms with Gasteiger partial charge in [0, 0.05) is 28.0 Å². The number of rotatable bonds is 8. The minimum absolute atomic E-state index is 0.132. The fourth-order valence-electron chi connectivity index (χ4n) is 3.91. The van der Waals surface area contributed by atoms with Gasteiger partial charge in [0.05, 0.1) is 11.1 Å². The second-order valence-corrected chi connectivity index (χ2v) is 10.7. The average Bonchev–Trinajstić information content (AvgIpc) is 3.34. The number of amides is 1. The van der Waals surface area contributed by atoms with E-state index in [2.05, 4.69) is 46.6 Å². The van der Waals surface area contributed by atoms with Gasteiger partial charge in [0.2, 0.25) is 5.91 Å². The van der Waals surface area contributed by atoms with E-state index in [1.807, 2.05) is 72.1 Å². The van der Waals surface area contributed by atoms with E-state index in [9.17, 15) is 9.59 Å². The number of anilines is 3. The van der Waals surface area contributed by atoms with Crippen molar-refractivity contribution in [1.82, 2.24) is 9.97 Å². The number of H-pyrrole nitrogens is 1. The van der Waals surface area contributed by atoms with E-state index < -0.39 is 0 Å². The summed E-state index contributed by atoms with van der Waals surface area (Å²) in [7, 11) is 0. The van der Waals surface area contributed by atoms with Crippen molar-refractivity contribution in [3.05, 3.63) is 100 Å². The average molecular weight is 527 g/mol. The highest BCUT2D eigenvalue weighted by Crippen LogP contribution is 2.32. The summed E-state index contributed by atoms with van der Waals surface area (Å²) in [5, 5.41) is 9.18. The van der Waals surface area contributed by atoms with E-state index >= 15 is 0 Å². The number of hydrogen-bond acceptors (Lipinski definition) is 6. The maximum absolute atomic E-state index is 12.9. The van der Waals surface area contributed by atoms with Gasteiger partial charge in [-0.25, -0.2) is 4.98 Å². The van der Waals surface area contributed by atoms with Crippen molar-refractivity contribution in [2.45, 2.75) is 24.9 Å². The Hall–Kier alpha value is -3.88. The molecule has 5 aromatic rings. The number of para-hydroxylation sites is 1. The molecule has 0 atom stereocenters. The van der Waals surface area contributed by atoms with Gasteiger partial charge >= 0.3 is 0 Å². The second-order valence-electron chi connectivity index (χ2n) is 8.88. The summed E-state index contributed by atoms with van der Waals surface area (Å²) in [5.41, 5.74) is 5.56. The van der Waals surface area contributed by atoms with Crippen LogP contribution in [0.4, 0.5) is 17.1 Å². The highest BCUT2D eigenvalue weighted by Gasteiger charge is 2.14. The minimum Gasteiger partial charge on any atom is -0.356 e. The summed E-state index contributed by atoms with van der Waals surface area (Å²) in [4.78, 5) is 33.5. The van der Waals surface area contributed by atoms with Crippen LogP contribution < -0.4 is 16.2 Å². The van der Waals surface area contributed by atoms with Crippen LogP contribution in [0.1, 0.15) is 25.3 Å². The fourth-order valence-corrected chi connectivity index (χ4v) is 5.58. The van der Waals surface area contributed by atoms with Crippen LogP contribution in [0, 0.1) is 0 Å². The topological polar surface area (TPSA) is 86.9 Å². The molecule has 6 nitrogen and oxygen atoms in total. The Bertz CT molecular complexity index is 1580. The van der Waals surface area contributed by atoms with Gasteiger partial charge in [0.15, 0.2) is 5.16 Å². The molecule has 37 heavy (non-hydrogen) atoms. The standard InChI is InChI=1S/C29H26N4O2S2/c1-18(2)19-8-10-20(11-9-19)24-16-36-28-26(24)27(35)32-29(33-28)37-17-25(34)31-23-14-12-22(13-15-23)30-21-6-4-3-5-7-21/h3-16,18,30H,17H2,1-2H3,(H,31,34)(H,32,33,35). The maximum Gasteiger partial charge on any atom is 0.260 e. The number of aromatic nitrogens is 2. The molecule has 0 radical (unpaired) electrons. The number of thioether (sulfide) groups is 1. The van der Waals surface area contributed by atoms with Crippen LogP contribution in [0.15, 0.2) is 94.2 Å². The van der Waals surface area contributed by atoms with E-state index in [1.54, 1.807) is 0 Å². The smallest absolute Gasteiger partial charge is 0.260 e. The number of carbonyl (C=O) groups excluding carboxylic acids is 1.